The largest absolute Gasteiger partial charge is 0.385 e. The van der Waals surface area contributed by atoms with Crippen molar-refractivity contribution in [3.8, 4) is 0 Å². The minimum atomic E-state index is -0.361. The first-order valence-electron chi connectivity index (χ1n) is 5.39. The van der Waals surface area contributed by atoms with E-state index in [4.69, 9.17) is 10.5 Å². The maximum absolute atomic E-state index is 11.8. The molecule has 5 nitrogen and oxygen atoms in total. The van der Waals surface area contributed by atoms with Gasteiger partial charge in [0.15, 0.2) is 0 Å². The quantitative estimate of drug-likeness (QED) is 0.792. The third-order valence-electron chi connectivity index (χ3n) is 3.41. The van der Waals surface area contributed by atoms with Crippen molar-refractivity contribution in [3.63, 3.8) is 0 Å². The normalized spacial score (nSPS) is 33.9. The molecule has 6 heteroatoms. The summed E-state index contributed by atoms with van der Waals surface area (Å²) in [7, 11) is 1.63. The summed E-state index contributed by atoms with van der Waals surface area (Å²) in [6.45, 7) is 3.19. The summed E-state index contributed by atoms with van der Waals surface area (Å²) in [5.41, 5.74) is 5.59. The number of carbonyl (C=O) groups excluding carboxylic acids is 1. The fourth-order valence-electron chi connectivity index (χ4n) is 2.47. The van der Waals surface area contributed by atoms with Crippen molar-refractivity contribution in [1.29, 1.82) is 0 Å². The molecule has 0 saturated carbocycles. The molecule has 1 spiro atoms. The Bertz CT molecular complexity index is 334. The van der Waals surface area contributed by atoms with Gasteiger partial charge in [0.25, 0.3) is 0 Å². The zero-order valence-electron chi connectivity index (χ0n) is 9.60. The van der Waals surface area contributed by atoms with E-state index in [0.717, 1.165) is 12.2 Å². The van der Waals surface area contributed by atoms with Crippen LogP contribution < -0.4 is 5.73 Å². The standard InChI is InChI=1S/C10H17N3O2S/c1-7-10(3-6-16-7)8(11)12-9(14)13(10)4-5-15-2/h7H,3-6H2,1-2H3,(H2,11,12,14). The molecule has 2 amide bonds. The van der Waals surface area contributed by atoms with Crippen molar-refractivity contribution in [1.82, 2.24) is 4.90 Å². The lowest BCUT2D eigenvalue weighted by Gasteiger charge is -2.37. The molecule has 16 heavy (non-hydrogen) atoms. The van der Waals surface area contributed by atoms with Crippen molar-refractivity contribution >= 4 is 23.6 Å². The number of ether oxygens (including phenoxy) is 1. The van der Waals surface area contributed by atoms with Crippen molar-refractivity contribution in [2.75, 3.05) is 26.0 Å². The molecule has 2 N–H and O–H groups in total. The number of hydrogen-bond donors (Lipinski definition) is 1. The third-order valence-corrected chi connectivity index (χ3v) is 4.74. The fraction of sp³-hybridized carbons (Fsp3) is 0.800. The fourth-order valence-corrected chi connectivity index (χ4v) is 3.89. The Labute approximate surface area is 99.4 Å². The van der Waals surface area contributed by atoms with Gasteiger partial charge in [-0.25, -0.2) is 4.79 Å². The van der Waals surface area contributed by atoms with E-state index in [1.807, 2.05) is 11.8 Å². The molecule has 0 radical (unpaired) electrons. The zero-order chi connectivity index (χ0) is 11.8. The topological polar surface area (TPSA) is 67.9 Å². The number of aliphatic imine (C=N–C) groups is 1. The first-order chi connectivity index (χ1) is 7.63. The Morgan fingerprint density at radius 2 is 2.50 bits per heavy atom. The van der Waals surface area contributed by atoms with Gasteiger partial charge >= 0.3 is 6.03 Å². The van der Waals surface area contributed by atoms with Crippen molar-refractivity contribution in [2.45, 2.75) is 24.1 Å². The van der Waals surface area contributed by atoms with E-state index in [1.165, 1.54) is 0 Å². The van der Waals surface area contributed by atoms with Crippen LogP contribution in [0.1, 0.15) is 13.3 Å². The van der Waals surface area contributed by atoms with Crippen molar-refractivity contribution < 1.29 is 9.53 Å². The highest BCUT2D eigenvalue weighted by atomic mass is 32.2. The molecule has 1 fully saturated rings. The van der Waals surface area contributed by atoms with Gasteiger partial charge in [-0.3, -0.25) is 0 Å². The van der Waals surface area contributed by atoms with Crippen LogP contribution >= 0.6 is 11.8 Å². The summed E-state index contributed by atoms with van der Waals surface area (Å²) in [5.74, 6) is 1.50. The lowest BCUT2D eigenvalue weighted by molar-refractivity contribution is 0.123. The molecule has 0 bridgehead atoms. The summed E-state index contributed by atoms with van der Waals surface area (Å²) in [6, 6.07) is -0.219. The highest BCUT2D eigenvalue weighted by Crippen LogP contribution is 2.43. The number of amidine groups is 1. The number of nitrogens with zero attached hydrogens (tertiary/aromatic N) is 2. The number of thioether (sulfide) groups is 1. The molecule has 1 saturated heterocycles. The first kappa shape index (κ1) is 11.7. The molecule has 2 rings (SSSR count). The Balaban J connectivity index is 2.25. The van der Waals surface area contributed by atoms with Crippen LogP contribution in [0.15, 0.2) is 4.99 Å². The Hall–Kier alpha value is -0.750. The van der Waals surface area contributed by atoms with Gasteiger partial charge < -0.3 is 15.4 Å². The van der Waals surface area contributed by atoms with E-state index in [-0.39, 0.29) is 11.6 Å². The molecule has 0 aromatic heterocycles. The smallest absolute Gasteiger partial charge is 0.346 e. The minimum Gasteiger partial charge on any atom is -0.385 e. The molecular formula is C10H17N3O2S. The molecule has 90 valence electrons. The van der Waals surface area contributed by atoms with E-state index >= 15 is 0 Å². The predicted molar refractivity (Wildman–Crippen MR) is 64.9 cm³/mol. The summed E-state index contributed by atoms with van der Waals surface area (Å²) < 4.78 is 5.03. The van der Waals surface area contributed by atoms with Gasteiger partial charge in [0.1, 0.15) is 11.4 Å². The third kappa shape index (κ3) is 1.51. The Kier molecular flexibility index (Phi) is 3.12. The highest BCUT2D eigenvalue weighted by Gasteiger charge is 2.54. The van der Waals surface area contributed by atoms with Crippen LogP contribution in [0, 0.1) is 0 Å². The number of urea groups is 1. The van der Waals surface area contributed by atoms with Crippen LogP contribution in [0.4, 0.5) is 4.79 Å². The van der Waals surface area contributed by atoms with E-state index in [1.54, 1.807) is 12.0 Å². The van der Waals surface area contributed by atoms with Gasteiger partial charge in [-0.15, -0.1) is 0 Å². The SMILES string of the molecule is COCCN1C(=O)N=C(N)C12CCSC2C. The van der Waals surface area contributed by atoms with Gasteiger partial charge in [0, 0.05) is 18.9 Å². The first-order valence-corrected chi connectivity index (χ1v) is 6.44. The van der Waals surface area contributed by atoms with Crippen molar-refractivity contribution in [2.24, 2.45) is 10.7 Å². The number of rotatable bonds is 3. The highest BCUT2D eigenvalue weighted by molar-refractivity contribution is 8.00. The maximum Gasteiger partial charge on any atom is 0.346 e. The molecular weight excluding hydrogens is 226 g/mol. The number of methoxy groups -OCH3 is 1. The second-order valence-corrected chi connectivity index (χ2v) is 5.56. The molecule has 0 aliphatic carbocycles. The number of amides is 2. The van der Waals surface area contributed by atoms with E-state index in [0.29, 0.717) is 24.2 Å². The molecule has 2 heterocycles. The monoisotopic (exact) mass is 243 g/mol. The Morgan fingerprint density at radius 1 is 1.75 bits per heavy atom. The number of hydrogen-bond acceptors (Lipinski definition) is 4. The van der Waals surface area contributed by atoms with E-state index < -0.39 is 0 Å². The molecule has 2 atom stereocenters. The number of nitrogens with two attached hydrogens (primary N) is 1. The van der Waals surface area contributed by atoms with Gasteiger partial charge in [-0.05, 0) is 12.2 Å². The second kappa shape index (κ2) is 4.25. The molecule has 0 aromatic rings. The Morgan fingerprint density at radius 3 is 3.06 bits per heavy atom. The predicted octanol–water partition coefficient (Wildman–Crippen LogP) is 0.690. The van der Waals surface area contributed by atoms with Crippen molar-refractivity contribution in [3.05, 3.63) is 0 Å². The van der Waals surface area contributed by atoms with E-state index in [9.17, 15) is 4.79 Å². The zero-order valence-corrected chi connectivity index (χ0v) is 10.4. The average Bonchev–Trinajstić information content (AvgIpc) is 2.71. The summed E-state index contributed by atoms with van der Waals surface area (Å²) in [4.78, 5) is 17.5. The minimum absolute atomic E-state index is 0.219. The van der Waals surface area contributed by atoms with Crippen LogP contribution in [-0.2, 0) is 4.74 Å². The van der Waals surface area contributed by atoms with Crippen LogP contribution in [0.2, 0.25) is 0 Å². The summed E-state index contributed by atoms with van der Waals surface area (Å²) in [5, 5.41) is 0.305. The van der Waals surface area contributed by atoms with Crippen LogP contribution in [-0.4, -0.2) is 53.6 Å². The van der Waals surface area contributed by atoms with E-state index in [2.05, 4.69) is 11.9 Å². The lowest BCUT2D eigenvalue weighted by Crippen LogP contribution is -2.58. The average molecular weight is 243 g/mol. The summed E-state index contributed by atoms with van der Waals surface area (Å²) in [6.07, 6.45) is 0.892. The summed E-state index contributed by atoms with van der Waals surface area (Å²) >= 11 is 1.84. The molecule has 2 aliphatic heterocycles. The number of carbonyl (C=O) groups is 1. The van der Waals surface area contributed by atoms with Gasteiger partial charge in [-0.1, -0.05) is 6.92 Å². The van der Waals surface area contributed by atoms with Gasteiger partial charge in [0.05, 0.1) is 6.61 Å². The lowest BCUT2D eigenvalue weighted by atomic mass is 9.90. The second-order valence-electron chi connectivity index (χ2n) is 4.11. The molecule has 2 unspecified atom stereocenters. The molecule has 2 aliphatic rings. The van der Waals surface area contributed by atoms with Gasteiger partial charge in [0.2, 0.25) is 0 Å². The van der Waals surface area contributed by atoms with Crippen LogP contribution in [0.25, 0.3) is 0 Å². The van der Waals surface area contributed by atoms with Crippen LogP contribution in [0.5, 0.6) is 0 Å². The van der Waals surface area contributed by atoms with Crippen LogP contribution in [0.3, 0.4) is 0 Å². The van der Waals surface area contributed by atoms with Gasteiger partial charge in [-0.2, -0.15) is 16.8 Å². The molecule has 0 aromatic carbocycles. The maximum atomic E-state index is 11.8.